The van der Waals surface area contributed by atoms with Gasteiger partial charge in [-0.05, 0) is 60.0 Å². The minimum atomic E-state index is -0.502. The van der Waals surface area contributed by atoms with Crippen molar-refractivity contribution in [2.75, 3.05) is 14.2 Å². The maximum atomic E-state index is 13.4. The predicted octanol–water partition coefficient (Wildman–Crippen LogP) is 2.78. The summed E-state index contributed by atoms with van der Waals surface area (Å²) >= 11 is 0. The summed E-state index contributed by atoms with van der Waals surface area (Å²) in [7, 11) is 4.47. The van der Waals surface area contributed by atoms with E-state index in [2.05, 4.69) is 5.32 Å². The van der Waals surface area contributed by atoms with Crippen LogP contribution >= 0.6 is 0 Å². The van der Waals surface area contributed by atoms with Crippen LogP contribution in [0.1, 0.15) is 37.4 Å². The molecule has 37 heavy (non-hydrogen) atoms. The van der Waals surface area contributed by atoms with Crippen LogP contribution < -0.4 is 21.3 Å². The summed E-state index contributed by atoms with van der Waals surface area (Å²) < 4.78 is 12.4. The molecule has 1 N–H and O–H groups in total. The molecule has 0 atom stereocenters. The molecule has 0 fully saturated rings. The summed E-state index contributed by atoms with van der Waals surface area (Å²) in [6.07, 6.45) is 0. The molecule has 0 bridgehead atoms. The Labute approximate surface area is 212 Å². The minimum absolute atomic E-state index is 0.0115. The normalized spacial score (nSPS) is 10.8. The van der Waals surface area contributed by atoms with Crippen LogP contribution in [-0.4, -0.2) is 35.2 Å². The first-order valence-corrected chi connectivity index (χ1v) is 11.6. The van der Waals surface area contributed by atoms with Crippen LogP contribution in [0.2, 0.25) is 0 Å². The van der Waals surface area contributed by atoms with Gasteiger partial charge in [0.05, 0.1) is 37.2 Å². The zero-order chi connectivity index (χ0) is 26.7. The number of carbonyl (C=O) groups is 2. The van der Waals surface area contributed by atoms with Crippen LogP contribution in [0.5, 0.6) is 5.75 Å². The molecule has 0 radical (unpaired) electrons. The van der Waals surface area contributed by atoms with Gasteiger partial charge in [0, 0.05) is 19.2 Å². The number of amides is 1. The monoisotopic (exact) mass is 501 g/mol. The lowest BCUT2D eigenvalue weighted by atomic mass is 10.0. The van der Waals surface area contributed by atoms with E-state index in [1.807, 2.05) is 24.3 Å². The molecule has 0 aliphatic carbocycles. The van der Waals surface area contributed by atoms with E-state index in [1.54, 1.807) is 51.4 Å². The van der Waals surface area contributed by atoms with E-state index in [0.717, 1.165) is 15.9 Å². The van der Waals surface area contributed by atoms with Crippen LogP contribution in [-0.2, 0) is 24.9 Å². The number of methoxy groups -OCH3 is 2. The molecule has 0 aliphatic rings. The highest BCUT2D eigenvalue weighted by atomic mass is 16.5. The number of nitrogens with zero attached hydrogens (tertiary/aromatic N) is 2. The van der Waals surface area contributed by atoms with E-state index in [9.17, 15) is 19.2 Å². The van der Waals surface area contributed by atoms with E-state index in [4.69, 9.17) is 9.47 Å². The van der Waals surface area contributed by atoms with Crippen molar-refractivity contribution in [3.8, 4) is 5.75 Å². The highest BCUT2D eigenvalue weighted by Gasteiger charge is 2.16. The predicted molar refractivity (Wildman–Crippen MR) is 139 cm³/mol. The lowest BCUT2D eigenvalue weighted by Gasteiger charge is -2.13. The molecule has 1 heterocycles. The van der Waals surface area contributed by atoms with Crippen LogP contribution in [0.25, 0.3) is 10.9 Å². The Kier molecular flexibility index (Phi) is 7.24. The van der Waals surface area contributed by atoms with Crippen LogP contribution in [0.15, 0.2) is 70.3 Å². The Bertz CT molecular complexity index is 1620. The molecule has 4 rings (SSSR count). The van der Waals surface area contributed by atoms with Gasteiger partial charge in [-0.25, -0.2) is 9.59 Å². The molecule has 9 nitrogen and oxygen atoms in total. The molecule has 0 spiro atoms. The molecule has 0 unspecified atom stereocenters. The van der Waals surface area contributed by atoms with Gasteiger partial charge in [0.25, 0.3) is 11.5 Å². The third kappa shape index (κ3) is 5.16. The van der Waals surface area contributed by atoms with E-state index in [1.165, 1.54) is 17.7 Å². The van der Waals surface area contributed by atoms with Gasteiger partial charge >= 0.3 is 11.7 Å². The fourth-order valence-electron chi connectivity index (χ4n) is 4.17. The van der Waals surface area contributed by atoms with Gasteiger partial charge in [0.1, 0.15) is 5.75 Å². The van der Waals surface area contributed by atoms with Crippen LogP contribution in [0.4, 0.5) is 0 Å². The maximum absolute atomic E-state index is 13.4. The van der Waals surface area contributed by atoms with Gasteiger partial charge in [0.2, 0.25) is 0 Å². The Morgan fingerprint density at radius 3 is 2.27 bits per heavy atom. The molecule has 1 amide bonds. The van der Waals surface area contributed by atoms with E-state index in [0.29, 0.717) is 34.3 Å². The number of fused-ring (bicyclic) bond motifs is 1. The zero-order valence-corrected chi connectivity index (χ0v) is 21.0. The summed E-state index contributed by atoms with van der Waals surface area (Å²) in [5, 5.41) is 3.10. The number of esters is 1. The zero-order valence-electron chi connectivity index (χ0n) is 21.0. The quantitative estimate of drug-likeness (QED) is 0.390. The molecule has 1 aromatic heterocycles. The second kappa shape index (κ2) is 10.5. The Morgan fingerprint density at radius 2 is 1.62 bits per heavy atom. The van der Waals surface area contributed by atoms with Crippen molar-refractivity contribution in [2.24, 2.45) is 7.05 Å². The average Bonchev–Trinajstić information content (AvgIpc) is 2.92. The van der Waals surface area contributed by atoms with Gasteiger partial charge in [-0.1, -0.05) is 24.3 Å². The van der Waals surface area contributed by atoms with Crippen LogP contribution in [0, 0.1) is 6.92 Å². The Morgan fingerprint density at radius 1 is 0.919 bits per heavy atom. The lowest BCUT2D eigenvalue weighted by molar-refractivity contribution is 0.0599. The summed E-state index contributed by atoms with van der Waals surface area (Å²) in [5.74, 6) is -0.0757. The third-order valence-corrected chi connectivity index (χ3v) is 6.26. The number of carbonyl (C=O) groups excluding carboxylic acids is 2. The fourth-order valence-corrected chi connectivity index (χ4v) is 4.17. The number of aromatic nitrogens is 2. The summed E-state index contributed by atoms with van der Waals surface area (Å²) in [5.41, 5.74) is 2.41. The van der Waals surface area contributed by atoms with E-state index < -0.39 is 17.2 Å². The van der Waals surface area contributed by atoms with Gasteiger partial charge in [-0.3, -0.25) is 18.7 Å². The molecule has 9 heteroatoms. The van der Waals surface area contributed by atoms with Gasteiger partial charge in [-0.2, -0.15) is 0 Å². The van der Waals surface area contributed by atoms with Crippen molar-refractivity contribution in [1.82, 2.24) is 14.5 Å². The minimum Gasteiger partial charge on any atom is -0.497 e. The Hall–Kier alpha value is -4.66. The standard InChI is InChI=1S/C28H27N3O6/c1-17-13-19(7-11-22(17)27(34)37-4)16-31-26(33)23-14-20(8-12-24(23)30(2)28(31)35)25(32)29-15-18-5-9-21(36-3)10-6-18/h5-14H,15-16H2,1-4H3,(H,29,32). The van der Waals surface area contributed by atoms with Gasteiger partial charge < -0.3 is 14.8 Å². The smallest absolute Gasteiger partial charge is 0.338 e. The highest BCUT2D eigenvalue weighted by molar-refractivity contribution is 5.97. The van der Waals surface area contributed by atoms with Crippen LogP contribution in [0.3, 0.4) is 0 Å². The van der Waals surface area contributed by atoms with Crippen molar-refractivity contribution in [2.45, 2.75) is 20.0 Å². The summed E-state index contributed by atoms with van der Waals surface area (Å²) in [4.78, 5) is 51.1. The highest BCUT2D eigenvalue weighted by Crippen LogP contribution is 2.15. The number of hydrogen-bond donors (Lipinski definition) is 1. The average molecular weight is 502 g/mol. The first kappa shape index (κ1) is 25.4. The molecule has 4 aromatic rings. The number of benzene rings is 3. The first-order chi connectivity index (χ1) is 17.7. The molecule has 190 valence electrons. The van der Waals surface area contributed by atoms with E-state index >= 15 is 0 Å². The number of ether oxygens (including phenoxy) is 2. The second-order valence-electron chi connectivity index (χ2n) is 8.64. The summed E-state index contributed by atoms with van der Waals surface area (Å²) in [6.45, 7) is 2.07. The molecular formula is C28H27N3O6. The van der Waals surface area contributed by atoms with Gasteiger partial charge in [0.15, 0.2) is 0 Å². The fraction of sp³-hybridized carbons (Fsp3) is 0.214. The second-order valence-corrected chi connectivity index (χ2v) is 8.64. The third-order valence-electron chi connectivity index (χ3n) is 6.26. The number of rotatable bonds is 7. The number of hydrogen-bond acceptors (Lipinski definition) is 6. The van der Waals surface area contributed by atoms with E-state index in [-0.39, 0.29) is 17.8 Å². The van der Waals surface area contributed by atoms with Crippen molar-refractivity contribution in [1.29, 1.82) is 0 Å². The molecule has 0 aliphatic heterocycles. The maximum Gasteiger partial charge on any atom is 0.338 e. The molecular weight excluding hydrogens is 474 g/mol. The number of nitrogens with one attached hydrogen (secondary N) is 1. The van der Waals surface area contributed by atoms with Crippen molar-refractivity contribution in [3.63, 3.8) is 0 Å². The largest absolute Gasteiger partial charge is 0.497 e. The molecule has 0 saturated carbocycles. The first-order valence-electron chi connectivity index (χ1n) is 11.6. The van der Waals surface area contributed by atoms with Crippen molar-refractivity contribution < 1.29 is 19.1 Å². The lowest BCUT2D eigenvalue weighted by Crippen LogP contribution is -2.39. The van der Waals surface area contributed by atoms with Gasteiger partial charge in [-0.15, -0.1) is 0 Å². The topological polar surface area (TPSA) is 109 Å². The Balaban J connectivity index is 1.64. The number of aryl methyl sites for hydroxylation is 2. The van der Waals surface area contributed by atoms with Crippen molar-refractivity contribution in [3.05, 3.63) is 109 Å². The summed E-state index contributed by atoms with van der Waals surface area (Å²) in [6, 6.07) is 17.0. The molecule has 0 saturated heterocycles. The SMILES string of the molecule is COC(=O)c1ccc(Cn2c(=O)c3cc(C(=O)NCc4ccc(OC)cc4)ccc3n(C)c2=O)cc1C. The van der Waals surface area contributed by atoms with Crippen molar-refractivity contribution >= 4 is 22.8 Å². The molecule has 3 aromatic carbocycles.